The summed E-state index contributed by atoms with van der Waals surface area (Å²) in [5, 5.41) is 16.1. The third-order valence-electron chi connectivity index (χ3n) is 1.64. The Balaban J connectivity index is 2.38. The van der Waals surface area contributed by atoms with Gasteiger partial charge in [0, 0.05) is 0 Å². The Morgan fingerprint density at radius 2 is 2.31 bits per heavy atom. The molecule has 0 aliphatic rings. The Kier molecular flexibility index (Phi) is 3.07. The largest absolute Gasteiger partial charge is 0.478 e. The van der Waals surface area contributed by atoms with Gasteiger partial charge in [0.15, 0.2) is 5.16 Å². The van der Waals surface area contributed by atoms with E-state index >= 15 is 0 Å². The molecule has 2 aromatic rings. The Morgan fingerprint density at radius 3 is 2.94 bits per heavy atom. The van der Waals surface area contributed by atoms with Crippen molar-refractivity contribution in [3.63, 3.8) is 0 Å². The maximum atomic E-state index is 10.9. The average molecular weight is 257 g/mol. The molecule has 8 heteroatoms. The van der Waals surface area contributed by atoms with Gasteiger partial charge in [0.2, 0.25) is 0 Å². The summed E-state index contributed by atoms with van der Waals surface area (Å²) in [5.74, 6) is -1.06. The number of aromatic nitrogens is 4. The first-order valence-corrected chi connectivity index (χ1v) is 5.29. The van der Waals surface area contributed by atoms with Crippen LogP contribution in [0.15, 0.2) is 28.6 Å². The van der Waals surface area contributed by atoms with Crippen LogP contribution in [0.3, 0.4) is 0 Å². The smallest absolute Gasteiger partial charge is 0.338 e. The monoisotopic (exact) mass is 256 g/mol. The van der Waals surface area contributed by atoms with Crippen LogP contribution in [0.4, 0.5) is 0 Å². The molecule has 2 aromatic heterocycles. The van der Waals surface area contributed by atoms with Gasteiger partial charge in [-0.15, -0.1) is 0 Å². The molecule has 0 saturated heterocycles. The summed E-state index contributed by atoms with van der Waals surface area (Å²) in [6.07, 6.45) is 1.33. The van der Waals surface area contributed by atoms with Crippen LogP contribution in [0, 0.1) is 0 Å². The van der Waals surface area contributed by atoms with E-state index in [0.717, 1.165) is 11.8 Å². The lowest BCUT2D eigenvalue weighted by Crippen LogP contribution is -2.00. The Bertz CT molecular complexity index is 517. The number of pyridine rings is 1. The second-order valence-corrected chi connectivity index (χ2v) is 4.05. The van der Waals surface area contributed by atoms with Crippen LogP contribution in [-0.4, -0.2) is 31.2 Å². The van der Waals surface area contributed by atoms with E-state index in [4.69, 9.17) is 16.7 Å². The Labute approximate surface area is 99.1 Å². The molecule has 0 aliphatic heterocycles. The topological polar surface area (TPSA) is 91.8 Å². The van der Waals surface area contributed by atoms with Crippen molar-refractivity contribution in [2.75, 3.05) is 0 Å². The van der Waals surface area contributed by atoms with E-state index in [2.05, 4.69) is 20.2 Å². The number of aromatic amines is 1. The second kappa shape index (κ2) is 4.50. The predicted octanol–water partition coefficient (Wildman–Crippen LogP) is 1.70. The van der Waals surface area contributed by atoms with Crippen molar-refractivity contribution in [3.8, 4) is 0 Å². The van der Waals surface area contributed by atoms with Crippen LogP contribution in [-0.2, 0) is 0 Å². The molecule has 0 fully saturated rings. The van der Waals surface area contributed by atoms with E-state index in [1.807, 2.05) is 0 Å². The quantitative estimate of drug-likeness (QED) is 0.812. The van der Waals surface area contributed by atoms with Crippen molar-refractivity contribution in [3.05, 3.63) is 29.2 Å². The fourth-order valence-corrected chi connectivity index (χ4v) is 1.98. The van der Waals surface area contributed by atoms with Gasteiger partial charge in [-0.3, -0.25) is 5.10 Å². The van der Waals surface area contributed by atoms with Gasteiger partial charge < -0.3 is 5.11 Å². The van der Waals surface area contributed by atoms with Gasteiger partial charge in [-0.2, -0.15) is 5.10 Å². The summed E-state index contributed by atoms with van der Waals surface area (Å²) < 4.78 is 0. The maximum absolute atomic E-state index is 10.9. The van der Waals surface area contributed by atoms with E-state index in [-0.39, 0.29) is 15.7 Å². The number of hydrogen-bond donors (Lipinski definition) is 2. The summed E-state index contributed by atoms with van der Waals surface area (Å²) >= 11 is 6.76. The normalized spacial score (nSPS) is 10.3. The molecule has 0 aliphatic carbocycles. The van der Waals surface area contributed by atoms with Crippen molar-refractivity contribution < 1.29 is 9.90 Å². The lowest BCUT2D eigenvalue weighted by molar-refractivity contribution is 0.0692. The van der Waals surface area contributed by atoms with Crippen LogP contribution < -0.4 is 0 Å². The van der Waals surface area contributed by atoms with Gasteiger partial charge >= 0.3 is 5.97 Å². The van der Waals surface area contributed by atoms with E-state index in [0.29, 0.717) is 5.16 Å². The highest BCUT2D eigenvalue weighted by molar-refractivity contribution is 7.99. The molecule has 2 N–H and O–H groups in total. The van der Waals surface area contributed by atoms with Crippen molar-refractivity contribution in [1.29, 1.82) is 0 Å². The molecule has 0 atom stereocenters. The summed E-state index contributed by atoms with van der Waals surface area (Å²) in [4.78, 5) is 18.7. The zero-order chi connectivity index (χ0) is 11.5. The number of rotatable bonds is 3. The van der Waals surface area contributed by atoms with Crippen molar-refractivity contribution in [2.24, 2.45) is 0 Å². The number of carboxylic acid groups (broad SMARTS) is 1. The van der Waals surface area contributed by atoms with Crippen LogP contribution in [0.25, 0.3) is 0 Å². The first-order chi connectivity index (χ1) is 7.66. The van der Waals surface area contributed by atoms with Gasteiger partial charge in [0.1, 0.15) is 16.5 Å². The van der Waals surface area contributed by atoms with Gasteiger partial charge in [-0.05, 0) is 23.9 Å². The molecule has 6 nitrogen and oxygen atoms in total. The van der Waals surface area contributed by atoms with Crippen molar-refractivity contribution in [1.82, 2.24) is 20.2 Å². The van der Waals surface area contributed by atoms with Crippen LogP contribution in [0.2, 0.25) is 5.15 Å². The number of H-pyrrole nitrogens is 1. The molecule has 0 radical (unpaired) electrons. The van der Waals surface area contributed by atoms with Crippen molar-refractivity contribution >= 4 is 29.3 Å². The molecule has 0 unspecified atom stereocenters. The number of hydrogen-bond acceptors (Lipinski definition) is 5. The van der Waals surface area contributed by atoms with Crippen LogP contribution >= 0.6 is 23.4 Å². The minimum atomic E-state index is -1.06. The molecule has 0 aromatic carbocycles. The summed E-state index contributed by atoms with van der Waals surface area (Å²) in [6.45, 7) is 0. The molecule has 0 amide bonds. The third kappa shape index (κ3) is 2.31. The lowest BCUT2D eigenvalue weighted by atomic mass is 10.3. The van der Waals surface area contributed by atoms with Crippen molar-refractivity contribution in [2.45, 2.75) is 10.2 Å². The number of nitrogens with one attached hydrogen (secondary N) is 1. The molecule has 2 heterocycles. The van der Waals surface area contributed by atoms with Gasteiger partial charge in [0.05, 0.1) is 5.56 Å². The van der Waals surface area contributed by atoms with Crippen LogP contribution in [0.1, 0.15) is 10.4 Å². The highest BCUT2D eigenvalue weighted by Gasteiger charge is 2.14. The number of carbonyl (C=O) groups is 1. The standard InChI is InChI=1S/C8H5ClN4O2S/c9-5-2-1-4(7(14)15)6(12-5)16-8-10-3-11-13-8/h1-3H,(H,14,15)(H,10,11,13). The molecule has 2 rings (SSSR count). The fourth-order valence-electron chi connectivity index (χ4n) is 0.993. The number of aromatic carboxylic acids is 1. The lowest BCUT2D eigenvalue weighted by Gasteiger charge is -2.02. The number of carboxylic acids is 1. The third-order valence-corrected chi connectivity index (χ3v) is 2.75. The Hall–Kier alpha value is -1.60. The average Bonchev–Trinajstić information content (AvgIpc) is 2.70. The molecular weight excluding hydrogens is 252 g/mol. The highest BCUT2D eigenvalue weighted by atomic mass is 35.5. The minimum absolute atomic E-state index is 0.0748. The molecule has 16 heavy (non-hydrogen) atoms. The predicted molar refractivity (Wildman–Crippen MR) is 56.7 cm³/mol. The first-order valence-electron chi connectivity index (χ1n) is 4.10. The molecule has 82 valence electrons. The summed E-state index contributed by atoms with van der Waals surface area (Å²) in [5.41, 5.74) is 0.0748. The van der Waals surface area contributed by atoms with E-state index < -0.39 is 5.97 Å². The van der Waals surface area contributed by atoms with E-state index in [9.17, 15) is 4.79 Å². The zero-order valence-corrected chi connectivity index (χ0v) is 9.29. The van der Waals surface area contributed by atoms with Gasteiger partial charge in [-0.25, -0.2) is 14.8 Å². The summed E-state index contributed by atoms with van der Waals surface area (Å²) in [7, 11) is 0. The first kappa shape index (κ1) is 10.9. The Morgan fingerprint density at radius 1 is 1.50 bits per heavy atom. The second-order valence-electron chi connectivity index (χ2n) is 2.68. The number of nitrogens with zero attached hydrogens (tertiary/aromatic N) is 3. The van der Waals surface area contributed by atoms with E-state index in [1.54, 1.807) is 0 Å². The maximum Gasteiger partial charge on any atom is 0.338 e. The van der Waals surface area contributed by atoms with E-state index in [1.165, 1.54) is 18.5 Å². The molecule has 0 spiro atoms. The van der Waals surface area contributed by atoms with Gasteiger partial charge in [-0.1, -0.05) is 11.6 Å². The SMILES string of the molecule is O=C(O)c1ccc(Cl)nc1Sc1ncn[nH]1. The minimum Gasteiger partial charge on any atom is -0.478 e. The number of halogens is 1. The fraction of sp³-hybridized carbons (Fsp3) is 0. The highest BCUT2D eigenvalue weighted by Crippen LogP contribution is 2.27. The van der Waals surface area contributed by atoms with Crippen LogP contribution in [0.5, 0.6) is 0 Å². The molecule has 0 saturated carbocycles. The summed E-state index contributed by atoms with van der Waals surface area (Å²) in [6, 6.07) is 2.83. The molecule has 0 bridgehead atoms. The van der Waals surface area contributed by atoms with Gasteiger partial charge in [0.25, 0.3) is 0 Å². The molecular formula is C8H5ClN4O2S. The zero-order valence-electron chi connectivity index (χ0n) is 7.72.